The molecule has 1 saturated heterocycles. The molecule has 1 aliphatic rings. The summed E-state index contributed by atoms with van der Waals surface area (Å²) < 4.78 is 0. The molecule has 0 atom stereocenters. The van der Waals surface area contributed by atoms with Crippen LogP contribution in [0.2, 0.25) is 0 Å². The van der Waals surface area contributed by atoms with Crippen LogP contribution in [0.25, 0.3) is 0 Å². The highest BCUT2D eigenvalue weighted by atomic mass is 16.7. The van der Waals surface area contributed by atoms with Crippen LogP contribution in [0.15, 0.2) is 0 Å². The molecule has 0 aromatic heterocycles. The van der Waals surface area contributed by atoms with E-state index in [0.717, 1.165) is 12.8 Å². The number of amides is 2. The second-order valence-electron chi connectivity index (χ2n) is 3.68. The van der Waals surface area contributed by atoms with Gasteiger partial charge < -0.3 is 4.84 Å². The van der Waals surface area contributed by atoms with Gasteiger partial charge in [0.15, 0.2) is 0 Å². The van der Waals surface area contributed by atoms with Gasteiger partial charge in [0.1, 0.15) is 0 Å². The molecular formula is C12H15NO4. The molecule has 0 aliphatic carbocycles. The second kappa shape index (κ2) is 6.69. The first-order chi connectivity index (χ1) is 8.15. The molecule has 0 N–H and O–H groups in total. The zero-order valence-electron chi connectivity index (χ0n) is 9.82. The van der Waals surface area contributed by atoms with Crippen molar-refractivity contribution in [2.24, 2.45) is 0 Å². The van der Waals surface area contributed by atoms with Crippen molar-refractivity contribution >= 4 is 17.8 Å². The van der Waals surface area contributed by atoms with Crippen molar-refractivity contribution in [3.8, 4) is 11.8 Å². The molecule has 1 heterocycles. The maximum Gasteiger partial charge on any atom is 0.333 e. The highest BCUT2D eigenvalue weighted by molar-refractivity contribution is 6.01. The van der Waals surface area contributed by atoms with Gasteiger partial charge in [0.25, 0.3) is 11.8 Å². The van der Waals surface area contributed by atoms with E-state index < -0.39 is 17.8 Å². The first-order valence-electron chi connectivity index (χ1n) is 5.61. The zero-order chi connectivity index (χ0) is 12.7. The first kappa shape index (κ1) is 13.2. The van der Waals surface area contributed by atoms with Gasteiger partial charge in [-0.25, -0.2) is 4.79 Å². The Hall–Kier alpha value is -1.83. The minimum absolute atomic E-state index is 0.123. The Morgan fingerprint density at radius 1 is 1.29 bits per heavy atom. The summed E-state index contributed by atoms with van der Waals surface area (Å²) in [5.41, 5.74) is 0. The molecule has 92 valence electrons. The maximum atomic E-state index is 11.3. The monoisotopic (exact) mass is 237 g/mol. The lowest BCUT2D eigenvalue weighted by molar-refractivity contribution is -0.197. The van der Waals surface area contributed by atoms with Crippen molar-refractivity contribution in [1.29, 1.82) is 0 Å². The molecule has 1 aliphatic heterocycles. The standard InChI is InChI=1S/C12H15NO4/c1-2-3-4-5-6-7-12(16)17-13-10(14)8-9-11(13)15/h4-9H2,1H3. The molecule has 0 aromatic rings. The predicted octanol–water partition coefficient (Wildman–Crippen LogP) is 1.18. The van der Waals surface area contributed by atoms with Crippen LogP contribution >= 0.6 is 0 Å². The van der Waals surface area contributed by atoms with Crippen molar-refractivity contribution in [2.75, 3.05) is 0 Å². The van der Waals surface area contributed by atoms with Crippen molar-refractivity contribution in [1.82, 2.24) is 5.06 Å². The molecule has 17 heavy (non-hydrogen) atoms. The van der Waals surface area contributed by atoms with Gasteiger partial charge in [-0.2, -0.15) is 0 Å². The van der Waals surface area contributed by atoms with Crippen LogP contribution in [0.4, 0.5) is 0 Å². The van der Waals surface area contributed by atoms with Crippen LogP contribution in [-0.2, 0) is 19.2 Å². The number of carbonyl (C=O) groups is 3. The molecule has 5 nitrogen and oxygen atoms in total. The van der Waals surface area contributed by atoms with E-state index in [1.165, 1.54) is 0 Å². The fourth-order valence-electron chi connectivity index (χ4n) is 1.41. The SMILES string of the molecule is CC#CCCCCC(=O)ON1C(=O)CCC1=O. The fourth-order valence-corrected chi connectivity index (χ4v) is 1.41. The number of rotatable bonds is 5. The Bertz CT molecular complexity index is 362. The number of hydrogen-bond donors (Lipinski definition) is 0. The van der Waals surface area contributed by atoms with E-state index in [-0.39, 0.29) is 19.3 Å². The molecule has 0 bridgehead atoms. The van der Waals surface area contributed by atoms with E-state index in [1.54, 1.807) is 6.92 Å². The third-order valence-corrected chi connectivity index (χ3v) is 2.31. The lowest BCUT2D eigenvalue weighted by Gasteiger charge is -2.12. The molecule has 0 radical (unpaired) electrons. The van der Waals surface area contributed by atoms with E-state index in [1.807, 2.05) is 0 Å². The molecule has 0 saturated carbocycles. The van der Waals surface area contributed by atoms with Gasteiger partial charge in [-0.1, -0.05) is 0 Å². The summed E-state index contributed by atoms with van der Waals surface area (Å²) >= 11 is 0. The quantitative estimate of drug-likeness (QED) is 0.409. The van der Waals surface area contributed by atoms with Gasteiger partial charge in [0, 0.05) is 25.7 Å². The third kappa shape index (κ3) is 4.27. The Balaban J connectivity index is 2.22. The summed E-state index contributed by atoms with van der Waals surface area (Å²) in [6, 6.07) is 0. The molecule has 0 unspecified atom stereocenters. The summed E-state index contributed by atoms with van der Waals surface area (Å²) in [7, 11) is 0. The van der Waals surface area contributed by atoms with E-state index in [9.17, 15) is 14.4 Å². The summed E-state index contributed by atoms with van der Waals surface area (Å²) in [5.74, 6) is 4.22. The van der Waals surface area contributed by atoms with Gasteiger partial charge in [0.2, 0.25) is 0 Å². The number of hydrogen-bond acceptors (Lipinski definition) is 4. The second-order valence-corrected chi connectivity index (χ2v) is 3.68. The number of carbonyl (C=O) groups excluding carboxylic acids is 3. The number of imide groups is 1. The number of hydroxylamine groups is 2. The first-order valence-corrected chi connectivity index (χ1v) is 5.61. The van der Waals surface area contributed by atoms with E-state index in [0.29, 0.717) is 11.5 Å². The van der Waals surface area contributed by atoms with Crippen molar-refractivity contribution in [3.05, 3.63) is 0 Å². The fraction of sp³-hybridized carbons (Fsp3) is 0.583. The van der Waals surface area contributed by atoms with Gasteiger partial charge in [-0.15, -0.1) is 16.9 Å². The van der Waals surface area contributed by atoms with Crippen molar-refractivity contribution < 1.29 is 19.2 Å². The molecular weight excluding hydrogens is 222 g/mol. The summed E-state index contributed by atoms with van der Waals surface area (Å²) in [5, 5.41) is 0.578. The van der Waals surface area contributed by atoms with Crippen molar-refractivity contribution in [3.63, 3.8) is 0 Å². The van der Waals surface area contributed by atoms with Gasteiger partial charge in [-0.3, -0.25) is 9.59 Å². The average molecular weight is 237 g/mol. The predicted molar refractivity (Wildman–Crippen MR) is 59.1 cm³/mol. The lowest BCUT2D eigenvalue weighted by Crippen LogP contribution is -2.31. The zero-order valence-corrected chi connectivity index (χ0v) is 9.82. The minimum Gasteiger partial charge on any atom is -0.330 e. The number of nitrogens with zero attached hydrogens (tertiary/aromatic N) is 1. The molecule has 0 aromatic carbocycles. The van der Waals surface area contributed by atoms with Crippen LogP contribution in [0.3, 0.4) is 0 Å². The Kier molecular flexibility index (Phi) is 5.21. The van der Waals surface area contributed by atoms with Crippen LogP contribution in [0, 0.1) is 11.8 Å². The Labute approximate surface area is 100 Å². The van der Waals surface area contributed by atoms with Gasteiger partial charge >= 0.3 is 5.97 Å². The van der Waals surface area contributed by atoms with Crippen LogP contribution in [-0.4, -0.2) is 22.8 Å². The topological polar surface area (TPSA) is 63.7 Å². The molecule has 1 fully saturated rings. The van der Waals surface area contributed by atoms with Gasteiger partial charge in [-0.05, 0) is 19.8 Å². The highest BCUT2D eigenvalue weighted by Gasteiger charge is 2.32. The van der Waals surface area contributed by atoms with Crippen LogP contribution in [0.1, 0.15) is 45.4 Å². The van der Waals surface area contributed by atoms with Crippen LogP contribution < -0.4 is 0 Å². The van der Waals surface area contributed by atoms with E-state index in [4.69, 9.17) is 4.84 Å². The summed E-state index contributed by atoms with van der Waals surface area (Å²) in [6.07, 6.45) is 2.63. The largest absolute Gasteiger partial charge is 0.333 e. The summed E-state index contributed by atoms with van der Waals surface area (Å²) in [6.45, 7) is 1.76. The Morgan fingerprint density at radius 3 is 2.53 bits per heavy atom. The third-order valence-electron chi connectivity index (χ3n) is 2.31. The highest BCUT2D eigenvalue weighted by Crippen LogP contribution is 2.13. The molecule has 2 amide bonds. The van der Waals surface area contributed by atoms with Crippen molar-refractivity contribution in [2.45, 2.75) is 45.4 Å². The summed E-state index contributed by atoms with van der Waals surface area (Å²) in [4.78, 5) is 38.3. The van der Waals surface area contributed by atoms with Crippen LogP contribution in [0.5, 0.6) is 0 Å². The maximum absolute atomic E-state index is 11.3. The smallest absolute Gasteiger partial charge is 0.330 e. The molecule has 1 rings (SSSR count). The van der Waals surface area contributed by atoms with Gasteiger partial charge in [0.05, 0.1) is 0 Å². The van der Waals surface area contributed by atoms with E-state index in [2.05, 4.69) is 11.8 Å². The lowest BCUT2D eigenvalue weighted by atomic mass is 10.2. The Morgan fingerprint density at radius 2 is 1.94 bits per heavy atom. The minimum atomic E-state index is -0.543. The average Bonchev–Trinajstić information content (AvgIpc) is 2.60. The number of unbranched alkanes of at least 4 members (excludes halogenated alkanes) is 2. The van der Waals surface area contributed by atoms with E-state index >= 15 is 0 Å². The molecule has 5 heteroatoms. The normalized spacial score (nSPS) is 14.5. The molecule has 0 spiro atoms.